The lowest BCUT2D eigenvalue weighted by molar-refractivity contribution is 0.101. The first-order chi connectivity index (χ1) is 16.4. The van der Waals surface area contributed by atoms with Crippen molar-refractivity contribution in [2.75, 3.05) is 6.67 Å². The number of fused-ring (bicyclic) bond motifs is 5. The molecule has 0 spiro atoms. The van der Waals surface area contributed by atoms with Crippen LogP contribution in [0.3, 0.4) is 0 Å². The molecule has 0 aliphatic heterocycles. The maximum Gasteiger partial charge on any atom is 0.362 e. The predicted octanol–water partition coefficient (Wildman–Crippen LogP) is 6.36. The van der Waals surface area contributed by atoms with Gasteiger partial charge < -0.3 is 8.98 Å². The largest absolute Gasteiger partial charge is 0.402 e. The van der Waals surface area contributed by atoms with Crippen LogP contribution >= 0.6 is 0 Å². The van der Waals surface area contributed by atoms with E-state index in [2.05, 4.69) is 4.98 Å². The van der Waals surface area contributed by atoms with Gasteiger partial charge in [-0.3, -0.25) is 4.39 Å². The molecular formula is C26H20F4N2O2. The van der Waals surface area contributed by atoms with Gasteiger partial charge in [0.05, 0.1) is 12.5 Å². The van der Waals surface area contributed by atoms with Crippen molar-refractivity contribution in [3.05, 3.63) is 87.7 Å². The maximum absolute atomic E-state index is 14.8. The molecule has 3 heterocycles. The third-order valence-corrected chi connectivity index (χ3v) is 6.26. The quantitative estimate of drug-likeness (QED) is 0.272. The van der Waals surface area contributed by atoms with Crippen LogP contribution in [0.1, 0.15) is 29.5 Å². The predicted molar refractivity (Wildman–Crippen MR) is 123 cm³/mol. The molecule has 4 nitrogen and oxygen atoms in total. The van der Waals surface area contributed by atoms with E-state index in [-0.39, 0.29) is 28.9 Å². The molecule has 0 saturated carbocycles. The van der Waals surface area contributed by atoms with Gasteiger partial charge >= 0.3 is 5.63 Å². The van der Waals surface area contributed by atoms with E-state index in [0.717, 1.165) is 23.4 Å². The van der Waals surface area contributed by atoms with Gasteiger partial charge in [-0.15, -0.1) is 0 Å². The van der Waals surface area contributed by atoms with Crippen molar-refractivity contribution in [3.8, 4) is 0 Å². The van der Waals surface area contributed by atoms with E-state index < -0.39 is 30.5 Å². The third kappa shape index (κ3) is 3.54. The summed E-state index contributed by atoms with van der Waals surface area (Å²) in [7, 11) is 0. The Hall–Kier alpha value is -3.68. The monoisotopic (exact) mass is 468 g/mol. The molecule has 2 aromatic carbocycles. The lowest BCUT2D eigenvalue weighted by Crippen LogP contribution is -2.13. The van der Waals surface area contributed by atoms with Crippen molar-refractivity contribution < 1.29 is 22.0 Å². The van der Waals surface area contributed by atoms with Gasteiger partial charge in [0.2, 0.25) is 12.1 Å². The number of halogens is 4. The van der Waals surface area contributed by atoms with E-state index in [0.29, 0.717) is 16.3 Å². The van der Waals surface area contributed by atoms with Crippen LogP contribution in [0.2, 0.25) is 0 Å². The third-order valence-electron chi connectivity index (χ3n) is 6.26. The van der Waals surface area contributed by atoms with E-state index in [4.69, 9.17) is 4.42 Å². The fraction of sp³-hybridized carbons (Fsp3) is 0.231. The zero-order chi connectivity index (χ0) is 24.0. The van der Waals surface area contributed by atoms with Gasteiger partial charge in [0, 0.05) is 33.4 Å². The van der Waals surface area contributed by atoms with E-state index in [1.807, 2.05) is 25.1 Å². The molecule has 0 radical (unpaired) electrons. The van der Waals surface area contributed by atoms with Crippen LogP contribution in [-0.4, -0.2) is 22.7 Å². The molecule has 0 N–H and O–H groups in total. The van der Waals surface area contributed by atoms with Gasteiger partial charge in [-0.05, 0) is 47.9 Å². The molecule has 0 aliphatic carbocycles. The number of hydrogen-bond acceptors (Lipinski definition) is 3. The lowest BCUT2D eigenvalue weighted by atomic mass is 9.98. The van der Waals surface area contributed by atoms with Crippen LogP contribution in [0.4, 0.5) is 17.6 Å². The molecule has 8 heteroatoms. The normalized spacial score (nSPS) is 12.9. The maximum atomic E-state index is 14.8. The second-order valence-corrected chi connectivity index (χ2v) is 8.21. The number of aromatic nitrogens is 2. The van der Waals surface area contributed by atoms with Crippen molar-refractivity contribution in [2.45, 2.75) is 32.2 Å². The number of pyridine rings is 1. The van der Waals surface area contributed by atoms with E-state index in [1.165, 1.54) is 18.3 Å². The highest BCUT2D eigenvalue weighted by Gasteiger charge is 2.24. The standard InChI is InChI=1S/C26H20F4N2O2/c1-2-14-5-8-21-18(10-14)22-17-4-3-9-31-25(17)34-26(33)23(22)32(21)13-16-11-15(6-7-20(16)28)19(12-27)24(29)30/h3-11,19,24H,2,12-13H2,1H3. The summed E-state index contributed by atoms with van der Waals surface area (Å²) in [5, 5.41) is 2.06. The summed E-state index contributed by atoms with van der Waals surface area (Å²) < 4.78 is 61.7. The summed E-state index contributed by atoms with van der Waals surface area (Å²) in [4.78, 5) is 17.2. The number of benzene rings is 2. The van der Waals surface area contributed by atoms with Gasteiger partial charge in [0.15, 0.2) is 0 Å². The average molecular weight is 468 g/mol. The summed E-state index contributed by atoms with van der Waals surface area (Å²) >= 11 is 0. The Morgan fingerprint density at radius 3 is 2.65 bits per heavy atom. The topological polar surface area (TPSA) is 48.0 Å². The molecule has 174 valence electrons. The van der Waals surface area contributed by atoms with Gasteiger partial charge in [-0.2, -0.15) is 0 Å². The molecule has 1 unspecified atom stereocenters. The average Bonchev–Trinajstić information content (AvgIpc) is 3.15. The molecule has 34 heavy (non-hydrogen) atoms. The zero-order valence-corrected chi connectivity index (χ0v) is 18.2. The van der Waals surface area contributed by atoms with Gasteiger partial charge in [-0.25, -0.2) is 22.9 Å². The number of rotatable bonds is 6. The number of aryl methyl sites for hydroxylation is 1. The second kappa shape index (κ2) is 8.59. The molecular weight excluding hydrogens is 448 g/mol. The molecule has 3 aromatic heterocycles. The highest BCUT2D eigenvalue weighted by atomic mass is 19.3. The molecule has 0 amide bonds. The number of alkyl halides is 3. The van der Waals surface area contributed by atoms with Gasteiger partial charge in [0.25, 0.3) is 0 Å². The number of hydrogen-bond donors (Lipinski definition) is 0. The molecule has 0 saturated heterocycles. The van der Waals surface area contributed by atoms with E-state index >= 15 is 0 Å². The van der Waals surface area contributed by atoms with Crippen molar-refractivity contribution in [1.82, 2.24) is 9.55 Å². The Labute approximate surface area is 191 Å². The Morgan fingerprint density at radius 1 is 1.09 bits per heavy atom. The summed E-state index contributed by atoms with van der Waals surface area (Å²) in [6.07, 6.45) is -0.622. The van der Waals surface area contributed by atoms with Crippen LogP contribution in [0, 0.1) is 5.82 Å². The van der Waals surface area contributed by atoms with Gasteiger partial charge in [-0.1, -0.05) is 25.1 Å². The first kappa shape index (κ1) is 22.1. The summed E-state index contributed by atoms with van der Waals surface area (Å²) in [6, 6.07) is 12.7. The molecule has 0 aliphatic rings. The van der Waals surface area contributed by atoms with Crippen molar-refractivity contribution in [3.63, 3.8) is 0 Å². The van der Waals surface area contributed by atoms with Crippen LogP contribution in [0.15, 0.2) is 63.9 Å². The molecule has 0 fully saturated rings. The minimum atomic E-state index is -2.92. The molecule has 0 bridgehead atoms. The Kier molecular flexibility index (Phi) is 5.59. The Morgan fingerprint density at radius 2 is 1.91 bits per heavy atom. The van der Waals surface area contributed by atoms with Crippen LogP contribution in [0.25, 0.3) is 32.9 Å². The molecule has 5 rings (SSSR count). The smallest absolute Gasteiger partial charge is 0.362 e. The Bertz CT molecular complexity index is 1590. The summed E-state index contributed by atoms with van der Waals surface area (Å²) in [5.41, 5.74) is 1.57. The van der Waals surface area contributed by atoms with E-state index in [1.54, 1.807) is 16.7 Å². The fourth-order valence-corrected chi connectivity index (χ4v) is 4.49. The minimum absolute atomic E-state index is 0.00428. The lowest BCUT2D eigenvalue weighted by Gasteiger charge is -2.15. The highest BCUT2D eigenvalue weighted by molar-refractivity contribution is 6.18. The first-order valence-corrected chi connectivity index (χ1v) is 10.9. The second-order valence-electron chi connectivity index (χ2n) is 8.21. The first-order valence-electron chi connectivity index (χ1n) is 10.9. The minimum Gasteiger partial charge on any atom is -0.402 e. The molecule has 1 atom stereocenters. The molecule has 5 aromatic rings. The van der Waals surface area contributed by atoms with E-state index in [9.17, 15) is 22.4 Å². The zero-order valence-electron chi connectivity index (χ0n) is 18.2. The number of nitrogens with zero attached hydrogens (tertiary/aromatic N) is 2. The SMILES string of the molecule is CCc1ccc2c(c1)c1c3cccnc3oc(=O)c1n2Cc1cc(C(CF)C(F)F)ccc1F. The van der Waals surface area contributed by atoms with Crippen LogP contribution < -0.4 is 5.63 Å². The van der Waals surface area contributed by atoms with Crippen molar-refractivity contribution in [1.29, 1.82) is 0 Å². The highest BCUT2D eigenvalue weighted by Crippen LogP contribution is 2.34. The van der Waals surface area contributed by atoms with Crippen LogP contribution in [0.5, 0.6) is 0 Å². The van der Waals surface area contributed by atoms with Gasteiger partial charge in [0.1, 0.15) is 18.0 Å². The van der Waals surface area contributed by atoms with Crippen molar-refractivity contribution in [2.24, 2.45) is 0 Å². The summed E-state index contributed by atoms with van der Waals surface area (Å²) in [6.45, 7) is 0.629. The van der Waals surface area contributed by atoms with Crippen LogP contribution in [-0.2, 0) is 13.0 Å². The Balaban J connectivity index is 1.80. The summed E-state index contributed by atoms with van der Waals surface area (Å²) in [5.74, 6) is -2.28. The van der Waals surface area contributed by atoms with Crippen molar-refractivity contribution >= 4 is 32.9 Å². The fourth-order valence-electron chi connectivity index (χ4n) is 4.49.